The molecular formula is C25H30N4O4S2. The van der Waals surface area contributed by atoms with Gasteiger partial charge >= 0.3 is 0 Å². The predicted octanol–water partition coefficient (Wildman–Crippen LogP) is 4.21. The van der Waals surface area contributed by atoms with Gasteiger partial charge in [-0.3, -0.25) is 14.4 Å². The number of benzene rings is 1. The molecule has 0 radical (unpaired) electrons. The van der Waals surface area contributed by atoms with Gasteiger partial charge in [-0.25, -0.2) is 4.98 Å². The van der Waals surface area contributed by atoms with E-state index in [2.05, 4.69) is 16.9 Å². The van der Waals surface area contributed by atoms with Crippen molar-refractivity contribution < 1.29 is 19.1 Å². The van der Waals surface area contributed by atoms with Crippen LogP contribution in [-0.2, 0) is 9.59 Å². The van der Waals surface area contributed by atoms with Crippen LogP contribution in [-0.4, -0.2) is 65.3 Å². The zero-order chi connectivity index (χ0) is 25.1. The summed E-state index contributed by atoms with van der Waals surface area (Å²) in [4.78, 5) is 46.6. The molecule has 0 spiro atoms. The van der Waals surface area contributed by atoms with Crippen molar-refractivity contribution in [2.45, 2.75) is 48.3 Å². The van der Waals surface area contributed by atoms with E-state index >= 15 is 0 Å². The number of amides is 3. The topological polar surface area (TPSA) is 91.8 Å². The van der Waals surface area contributed by atoms with Gasteiger partial charge in [-0.1, -0.05) is 29.7 Å². The highest BCUT2D eigenvalue weighted by atomic mass is 32.2. The molecule has 1 aliphatic heterocycles. The van der Waals surface area contributed by atoms with E-state index in [0.717, 1.165) is 27.5 Å². The van der Waals surface area contributed by atoms with Gasteiger partial charge in [-0.15, -0.1) is 0 Å². The molecule has 186 valence electrons. The zero-order valence-electron chi connectivity index (χ0n) is 20.2. The average molecular weight is 515 g/mol. The van der Waals surface area contributed by atoms with Crippen molar-refractivity contribution in [2.24, 2.45) is 5.92 Å². The highest BCUT2D eigenvalue weighted by Crippen LogP contribution is 2.39. The minimum absolute atomic E-state index is 0.0320. The standard InChI is InChI=1S/C25H30N4O4S2/c1-5-21(30)29-11-10-28(9-8-16(29)3)24(32)18-13-20(15(2)12-19(18)33-4)34-22-14-26-25(35-22)27-23(31)17-6-7-17/h5,12-14,16-17H,1,6-11H2,2-4H3,(H,26,27,31)/t16-/m1/s1. The van der Waals surface area contributed by atoms with Gasteiger partial charge in [0.1, 0.15) is 5.75 Å². The van der Waals surface area contributed by atoms with Crippen LogP contribution in [0.5, 0.6) is 5.75 Å². The van der Waals surface area contributed by atoms with Gasteiger partial charge in [0.05, 0.1) is 23.1 Å². The number of hydrogen-bond acceptors (Lipinski definition) is 7. The van der Waals surface area contributed by atoms with Gasteiger partial charge in [-0.05, 0) is 56.9 Å². The number of carbonyl (C=O) groups is 3. The summed E-state index contributed by atoms with van der Waals surface area (Å²) in [6.45, 7) is 9.02. The van der Waals surface area contributed by atoms with Crippen molar-refractivity contribution in [3.8, 4) is 5.75 Å². The molecule has 1 aromatic carbocycles. The Labute approximate surface area is 213 Å². The van der Waals surface area contributed by atoms with Crippen molar-refractivity contribution in [1.29, 1.82) is 0 Å². The molecule has 0 unspecified atom stereocenters. The molecule has 4 rings (SSSR count). The Morgan fingerprint density at radius 1 is 1.23 bits per heavy atom. The number of ether oxygens (including phenoxy) is 1. The first-order chi connectivity index (χ1) is 16.8. The lowest BCUT2D eigenvalue weighted by Crippen LogP contribution is -2.39. The molecule has 1 N–H and O–H groups in total. The van der Waals surface area contributed by atoms with Gasteiger partial charge in [0.2, 0.25) is 11.8 Å². The van der Waals surface area contributed by atoms with Crippen LogP contribution in [0.3, 0.4) is 0 Å². The van der Waals surface area contributed by atoms with E-state index in [4.69, 9.17) is 4.74 Å². The first-order valence-corrected chi connectivity index (χ1v) is 13.3. The number of nitrogens with one attached hydrogen (secondary N) is 1. The van der Waals surface area contributed by atoms with E-state index in [1.165, 1.54) is 29.2 Å². The third kappa shape index (κ3) is 5.87. The number of thiazole rings is 1. The summed E-state index contributed by atoms with van der Waals surface area (Å²) in [7, 11) is 1.56. The lowest BCUT2D eigenvalue weighted by atomic mass is 10.1. The van der Waals surface area contributed by atoms with E-state index in [9.17, 15) is 14.4 Å². The van der Waals surface area contributed by atoms with Crippen LogP contribution in [0.15, 0.2) is 40.1 Å². The van der Waals surface area contributed by atoms with Crippen molar-refractivity contribution >= 4 is 46.0 Å². The molecule has 1 aromatic heterocycles. The average Bonchev–Trinajstić information content (AvgIpc) is 3.64. The largest absolute Gasteiger partial charge is 0.496 e. The Hall–Kier alpha value is -2.85. The molecule has 35 heavy (non-hydrogen) atoms. The molecule has 2 heterocycles. The molecule has 1 atom stereocenters. The third-order valence-electron chi connectivity index (χ3n) is 6.31. The van der Waals surface area contributed by atoms with E-state index in [1.807, 2.05) is 26.0 Å². The van der Waals surface area contributed by atoms with E-state index in [0.29, 0.717) is 42.5 Å². The second-order valence-electron chi connectivity index (χ2n) is 8.83. The van der Waals surface area contributed by atoms with Crippen LogP contribution in [0.4, 0.5) is 5.13 Å². The molecule has 1 saturated carbocycles. The highest BCUT2D eigenvalue weighted by molar-refractivity contribution is 8.01. The maximum Gasteiger partial charge on any atom is 0.257 e. The Kier molecular flexibility index (Phi) is 7.81. The van der Waals surface area contributed by atoms with Gasteiger partial charge in [-0.2, -0.15) is 0 Å². The molecule has 1 aliphatic carbocycles. The number of methoxy groups -OCH3 is 1. The lowest BCUT2D eigenvalue weighted by Gasteiger charge is -2.25. The maximum absolute atomic E-state index is 13.6. The fourth-order valence-electron chi connectivity index (χ4n) is 4.01. The molecule has 2 aromatic rings. The lowest BCUT2D eigenvalue weighted by molar-refractivity contribution is -0.127. The minimum Gasteiger partial charge on any atom is -0.496 e. The van der Waals surface area contributed by atoms with Gasteiger partial charge < -0.3 is 19.9 Å². The summed E-state index contributed by atoms with van der Waals surface area (Å²) in [5, 5.41) is 3.47. The number of aromatic nitrogens is 1. The van der Waals surface area contributed by atoms with Crippen molar-refractivity contribution in [2.75, 3.05) is 32.1 Å². The SMILES string of the molecule is C=CC(=O)N1CCN(C(=O)c2cc(Sc3cnc(NC(=O)C4CC4)s3)c(C)cc2OC)CC[C@H]1C. The van der Waals surface area contributed by atoms with Crippen molar-refractivity contribution in [3.05, 3.63) is 42.1 Å². The van der Waals surface area contributed by atoms with Crippen LogP contribution < -0.4 is 10.1 Å². The Morgan fingerprint density at radius 2 is 2.00 bits per heavy atom. The molecule has 2 aliphatic rings. The summed E-state index contributed by atoms with van der Waals surface area (Å²) in [5.74, 6) is 0.442. The molecule has 1 saturated heterocycles. The smallest absolute Gasteiger partial charge is 0.257 e. The number of anilines is 1. The van der Waals surface area contributed by atoms with Crippen LogP contribution in [0, 0.1) is 12.8 Å². The maximum atomic E-state index is 13.6. The second kappa shape index (κ2) is 10.8. The highest BCUT2D eigenvalue weighted by Gasteiger charge is 2.30. The summed E-state index contributed by atoms with van der Waals surface area (Å²) < 4.78 is 6.48. The fourth-order valence-corrected chi connectivity index (χ4v) is 5.96. The minimum atomic E-state index is -0.120. The first kappa shape index (κ1) is 25.2. The molecule has 2 fully saturated rings. The second-order valence-corrected chi connectivity index (χ2v) is 11.2. The third-order valence-corrected chi connectivity index (χ3v) is 8.48. The normalized spacial score (nSPS) is 18.1. The van der Waals surface area contributed by atoms with Gasteiger partial charge in [0.15, 0.2) is 5.13 Å². The van der Waals surface area contributed by atoms with Crippen LogP contribution in [0.25, 0.3) is 0 Å². The Balaban J connectivity index is 1.51. The van der Waals surface area contributed by atoms with Gasteiger partial charge in [0.25, 0.3) is 5.91 Å². The van der Waals surface area contributed by atoms with Gasteiger partial charge in [0, 0.05) is 36.5 Å². The van der Waals surface area contributed by atoms with Crippen LogP contribution >= 0.6 is 23.1 Å². The molecule has 10 heteroatoms. The number of aryl methyl sites for hydroxylation is 1. The summed E-state index contributed by atoms with van der Waals surface area (Å²) in [6, 6.07) is 3.77. The number of rotatable bonds is 7. The molecule has 3 amide bonds. The summed E-state index contributed by atoms with van der Waals surface area (Å²) >= 11 is 2.93. The Morgan fingerprint density at radius 3 is 2.69 bits per heavy atom. The number of nitrogens with zero attached hydrogens (tertiary/aromatic N) is 3. The summed E-state index contributed by atoms with van der Waals surface area (Å²) in [6.07, 6.45) is 5.64. The summed E-state index contributed by atoms with van der Waals surface area (Å²) in [5.41, 5.74) is 1.47. The van der Waals surface area contributed by atoms with Crippen molar-refractivity contribution in [1.82, 2.24) is 14.8 Å². The van der Waals surface area contributed by atoms with Crippen LogP contribution in [0.1, 0.15) is 42.1 Å². The number of hydrogen-bond donors (Lipinski definition) is 1. The molecule has 8 nitrogen and oxygen atoms in total. The quantitative estimate of drug-likeness (QED) is 0.557. The van der Waals surface area contributed by atoms with E-state index < -0.39 is 0 Å². The van der Waals surface area contributed by atoms with Crippen LogP contribution in [0.2, 0.25) is 0 Å². The van der Waals surface area contributed by atoms with E-state index in [1.54, 1.807) is 23.1 Å². The molecule has 0 bridgehead atoms. The predicted molar refractivity (Wildman–Crippen MR) is 137 cm³/mol. The first-order valence-electron chi connectivity index (χ1n) is 11.7. The number of carbonyl (C=O) groups excluding carboxylic acids is 3. The fraction of sp³-hybridized carbons (Fsp3) is 0.440. The van der Waals surface area contributed by atoms with Crippen molar-refractivity contribution in [3.63, 3.8) is 0 Å². The monoisotopic (exact) mass is 514 g/mol. The van der Waals surface area contributed by atoms with E-state index in [-0.39, 0.29) is 29.7 Å². The Bertz CT molecular complexity index is 1140. The molecular weight excluding hydrogens is 484 g/mol. The zero-order valence-corrected chi connectivity index (χ0v) is 21.8.